The fourth-order valence-corrected chi connectivity index (χ4v) is 1.56. The molecule has 16 heavy (non-hydrogen) atoms. The zero-order valence-corrected chi connectivity index (χ0v) is 10.0. The van der Waals surface area contributed by atoms with E-state index in [-0.39, 0.29) is 12.0 Å². The molecule has 0 aliphatic carbocycles. The first kappa shape index (κ1) is 12.7. The largest absolute Gasteiger partial charge is 0.466 e. The summed E-state index contributed by atoms with van der Waals surface area (Å²) in [5, 5.41) is 0. The van der Waals surface area contributed by atoms with Crippen LogP contribution in [0, 0.1) is 0 Å². The first-order valence-electron chi connectivity index (χ1n) is 5.74. The highest BCUT2D eigenvalue weighted by atomic mass is 16.5. The maximum absolute atomic E-state index is 11.3. The smallest absolute Gasteiger partial charge is 0.312 e. The number of carbonyl (C=O) groups excluding carboxylic acids is 1. The van der Waals surface area contributed by atoms with E-state index in [0.29, 0.717) is 13.0 Å². The Morgan fingerprint density at radius 2 is 1.94 bits per heavy atom. The quantitative estimate of drug-likeness (QED) is 0.767. The number of hydrogen-bond donors (Lipinski definition) is 1. The van der Waals surface area contributed by atoms with E-state index >= 15 is 0 Å². The zero-order chi connectivity index (χ0) is 12.0. The minimum absolute atomic E-state index is 0.0232. The number of carbonyl (C=O) groups is 1. The van der Waals surface area contributed by atoms with E-state index in [1.807, 2.05) is 19.1 Å². The Bertz CT molecular complexity index is 332. The summed E-state index contributed by atoms with van der Waals surface area (Å²) in [7, 11) is 0. The lowest BCUT2D eigenvalue weighted by atomic mass is 10.0. The Labute approximate surface area is 96.6 Å². The molecule has 3 N–H and O–H groups in total. The van der Waals surface area contributed by atoms with Gasteiger partial charge in [-0.1, -0.05) is 31.2 Å². The van der Waals surface area contributed by atoms with Crippen LogP contribution in [0.4, 0.5) is 0 Å². The van der Waals surface area contributed by atoms with Gasteiger partial charge in [-0.05, 0) is 18.9 Å². The maximum Gasteiger partial charge on any atom is 0.312 e. The molecule has 0 spiro atoms. The Kier molecular flexibility index (Phi) is 4.99. The molecule has 0 saturated heterocycles. The normalized spacial score (nSPS) is 12.2. The first-order chi connectivity index (χ1) is 7.67. The van der Waals surface area contributed by atoms with Crippen LogP contribution < -0.4 is 5.73 Å². The van der Waals surface area contributed by atoms with Gasteiger partial charge in [-0.2, -0.15) is 0 Å². The number of esters is 1. The van der Waals surface area contributed by atoms with Gasteiger partial charge in [0, 0.05) is 5.56 Å². The van der Waals surface area contributed by atoms with Crippen LogP contribution in [0.3, 0.4) is 0 Å². The molecular formula is C13H20NO2+. The van der Waals surface area contributed by atoms with Crippen molar-refractivity contribution in [3.8, 4) is 0 Å². The highest BCUT2D eigenvalue weighted by Crippen LogP contribution is 2.14. The van der Waals surface area contributed by atoms with E-state index in [0.717, 1.165) is 12.0 Å². The molecule has 3 nitrogen and oxygen atoms in total. The Morgan fingerprint density at radius 3 is 2.44 bits per heavy atom. The topological polar surface area (TPSA) is 53.9 Å². The van der Waals surface area contributed by atoms with Crippen LogP contribution in [0.1, 0.15) is 37.4 Å². The number of benzene rings is 1. The van der Waals surface area contributed by atoms with Gasteiger partial charge in [0.25, 0.3) is 0 Å². The van der Waals surface area contributed by atoms with Gasteiger partial charge in [0.05, 0.1) is 6.61 Å². The van der Waals surface area contributed by atoms with Crippen molar-refractivity contribution < 1.29 is 15.3 Å². The molecule has 1 atom stereocenters. The molecule has 0 bridgehead atoms. The molecule has 0 aliphatic heterocycles. The lowest BCUT2D eigenvalue weighted by molar-refractivity contribution is -0.425. The molecular weight excluding hydrogens is 202 g/mol. The number of aryl methyl sites for hydroxylation is 1. The molecule has 0 heterocycles. The van der Waals surface area contributed by atoms with Crippen molar-refractivity contribution in [3.63, 3.8) is 0 Å². The molecule has 3 heteroatoms. The lowest BCUT2D eigenvalue weighted by Crippen LogP contribution is -2.54. The summed E-state index contributed by atoms with van der Waals surface area (Å²) in [5.74, 6) is -0.179. The van der Waals surface area contributed by atoms with E-state index in [1.165, 1.54) is 5.56 Å². The highest BCUT2D eigenvalue weighted by molar-refractivity contribution is 5.70. The Morgan fingerprint density at radius 1 is 1.31 bits per heavy atom. The molecule has 0 unspecified atom stereocenters. The predicted molar refractivity (Wildman–Crippen MR) is 62.7 cm³/mol. The Balaban J connectivity index is 2.58. The molecule has 0 radical (unpaired) electrons. The van der Waals surface area contributed by atoms with Crippen molar-refractivity contribution in [2.24, 2.45) is 0 Å². The zero-order valence-electron chi connectivity index (χ0n) is 10.0. The van der Waals surface area contributed by atoms with E-state index in [9.17, 15) is 4.79 Å². The number of rotatable bonds is 5. The van der Waals surface area contributed by atoms with Crippen molar-refractivity contribution in [2.45, 2.75) is 32.7 Å². The van der Waals surface area contributed by atoms with Gasteiger partial charge in [-0.15, -0.1) is 0 Å². The first-order valence-corrected chi connectivity index (χ1v) is 5.74. The summed E-state index contributed by atoms with van der Waals surface area (Å²) in [5.41, 5.74) is 6.37. The highest BCUT2D eigenvalue weighted by Gasteiger charge is 2.15. The summed E-state index contributed by atoms with van der Waals surface area (Å²) in [6, 6.07) is 8.22. The van der Waals surface area contributed by atoms with Crippen LogP contribution in [0.15, 0.2) is 24.3 Å². The number of hydrogen-bond acceptors (Lipinski definition) is 2. The fraction of sp³-hybridized carbons (Fsp3) is 0.462. The van der Waals surface area contributed by atoms with E-state index in [2.05, 4.69) is 24.8 Å². The molecule has 1 aromatic carbocycles. The summed E-state index contributed by atoms with van der Waals surface area (Å²) >= 11 is 0. The van der Waals surface area contributed by atoms with Crippen LogP contribution in [0.5, 0.6) is 0 Å². The minimum Gasteiger partial charge on any atom is -0.466 e. The summed E-state index contributed by atoms with van der Waals surface area (Å²) in [6.45, 7) is 4.36. The van der Waals surface area contributed by atoms with Gasteiger partial charge in [0.15, 0.2) is 0 Å². The van der Waals surface area contributed by atoms with E-state index in [4.69, 9.17) is 4.74 Å². The van der Waals surface area contributed by atoms with Crippen LogP contribution in [-0.2, 0) is 16.0 Å². The molecule has 1 rings (SSSR count). The summed E-state index contributed by atoms with van der Waals surface area (Å²) in [4.78, 5) is 11.3. The second-order valence-electron chi connectivity index (χ2n) is 3.80. The molecule has 0 fully saturated rings. The second kappa shape index (κ2) is 6.28. The van der Waals surface area contributed by atoms with Crippen molar-refractivity contribution in [1.29, 1.82) is 0 Å². The van der Waals surface area contributed by atoms with Crippen molar-refractivity contribution in [3.05, 3.63) is 35.4 Å². The van der Waals surface area contributed by atoms with Gasteiger partial charge in [0.2, 0.25) is 0 Å². The van der Waals surface area contributed by atoms with Crippen molar-refractivity contribution in [2.75, 3.05) is 6.61 Å². The molecule has 1 aromatic rings. The molecule has 0 aromatic heterocycles. The third kappa shape index (κ3) is 3.66. The lowest BCUT2D eigenvalue weighted by Gasteiger charge is -2.08. The van der Waals surface area contributed by atoms with Crippen LogP contribution >= 0.6 is 0 Å². The predicted octanol–water partition coefficient (Wildman–Crippen LogP) is 1.49. The molecule has 0 amide bonds. The van der Waals surface area contributed by atoms with Crippen LogP contribution in [0.2, 0.25) is 0 Å². The third-order valence-electron chi connectivity index (χ3n) is 2.58. The van der Waals surface area contributed by atoms with Gasteiger partial charge in [-0.25, -0.2) is 0 Å². The average Bonchev–Trinajstić information content (AvgIpc) is 2.29. The molecule has 0 aliphatic rings. The van der Waals surface area contributed by atoms with Gasteiger partial charge in [-0.3, -0.25) is 4.79 Å². The van der Waals surface area contributed by atoms with Crippen molar-refractivity contribution in [1.82, 2.24) is 0 Å². The van der Waals surface area contributed by atoms with Gasteiger partial charge < -0.3 is 10.5 Å². The monoisotopic (exact) mass is 222 g/mol. The summed E-state index contributed by atoms with van der Waals surface area (Å²) in [6.07, 6.45) is 1.37. The van der Waals surface area contributed by atoms with Crippen molar-refractivity contribution >= 4 is 5.97 Å². The van der Waals surface area contributed by atoms with Crippen LogP contribution in [-0.4, -0.2) is 12.6 Å². The fourth-order valence-electron chi connectivity index (χ4n) is 1.56. The standard InChI is InChI=1S/C13H19NO2/c1-3-10-5-7-11(8-6-10)12(14)9-13(15)16-4-2/h5-8,12H,3-4,9,14H2,1-2H3/p+1/t12-/m1/s1. The SMILES string of the molecule is CCOC(=O)C[C@@H]([NH3+])c1ccc(CC)cc1. The Hall–Kier alpha value is -1.35. The second-order valence-corrected chi connectivity index (χ2v) is 3.80. The third-order valence-corrected chi connectivity index (χ3v) is 2.58. The van der Waals surface area contributed by atoms with E-state index < -0.39 is 0 Å². The van der Waals surface area contributed by atoms with Gasteiger partial charge >= 0.3 is 5.97 Å². The number of quaternary nitrogens is 1. The van der Waals surface area contributed by atoms with Crippen LogP contribution in [0.25, 0.3) is 0 Å². The molecule has 0 saturated carbocycles. The molecule has 88 valence electrons. The minimum atomic E-state index is -0.179. The summed E-state index contributed by atoms with van der Waals surface area (Å²) < 4.78 is 4.90. The van der Waals surface area contributed by atoms with E-state index in [1.54, 1.807) is 0 Å². The maximum atomic E-state index is 11.3. The van der Waals surface area contributed by atoms with Gasteiger partial charge in [0.1, 0.15) is 12.5 Å². The number of ether oxygens (including phenoxy) is 1. The average molecular weight is 222 g/mol.